The molecule has 3 aromatic rings. The number of hydrogen-bond acceptors (Lipinski definition) is 2. The van der Waals surface area contributed by atoms with Crippen LogP contribution in [-0.2, 0) is 5.41 Å². The summed E-state index contributed by atoms with van der Waals surface area (Å²) in [4.78, 5) is 17.0. The van der Waals surface area contributed by atoms with Gasteiger partial charge in [0.2, 0.25) is 0 Å². The molecule has 0 saturated heterocycles. The molecule has 1 aromatic heterocycles. The van der Waals surface area contributed by atoms with Gasteiger partial charge in [-0.05, 0) is 54.3 Å². The molecule has 0 fully saturated rings. The fourth-order valence-corrected chi connectivity index (χ4v) is 2.75. The Hall–Kier alpha value is -2.75. The summed E-state index contributed by atoms with van der Waals surface area (Å²) >= 11 is 0. The van der Waals surface area contributed by atoms with E-state index in [1.165, 1.54) is 12.1 Å². The molecule has 25 heavy (non-hydrogen) atoms. The Labute approximate surface area is 146 Å². The van der Waals surface area contributed by atoms with Gasteiger partial charge in [0.1, 0.15) is 5.82 Å². The average Bonchev–Trinajstić information content (AvgIpc) is 2.54. The molecule has 0 spiro atoms. The molecule has 0 unspecified atom stereocenters. The maximum atomic E-state index is 13.6. The molecule has 4 heteroatoms. The Bertz CT molecular complexity index is 941. The number of carbonyl (C=O) groups excluding carboxylic acids is 1. The van der Waals surface area contributed by atoms with Crippen molar-refractivity contribution in [1.29, 1.82) is 0 Å². The third-order valence-electron chi connectivity index (χ3n) is 4.16. The number of rotatable bonds is 2. The van der Waals surface area contributed by atoms with Crippen LogP contribution >= 0.6 is 0 Å². The van der Waals surface area contributed by atoms with E-state index in [2.05, 4.69) is 31.1 Å². The van der Waals surface area contributed by atoms with Crippen LogP contribution in [0, 0.1) is 12.7 Å². The third kappa shape index (κ3) is 3.68. The number of hydrogen-bond donors (Lipinski definition) is 1. The molecule has 0 atom stereocenters. The van der Waals surface area contributed by atoms with E-state index in [9.17, 15) is 9.18 Å². The van der Waals surface area contributed by atoms with E-state index in [0.717, 1.165) is 11.3 Å². The van der Waals surface area contributed by atoms with Crippen molar-refractivity contribution in [3.8, 4) is 0 Å². The minimum atomic E-state index is -0.358. The van der Waals surface area contributed by atoms with Gasteiger partial charge in [-0.1, -0.05) is 32.9 Å². The summed E-state index contributed by atoms with van der Waals surface area (Å²) in [7, 11) is 0. The molecule has 0 saturated carbocycles. The van der Waals surface area contributed by atoms with Crippen LogP contribution in [0.4, 0.5) is 10.1 Å². The molecule has 0 bridgehead atoms. The number of halogens is 1. The normalized spacial score (nSPS) is 11.6. The minimum absolute atomic E-state index is 0.0327. The Morgan fingerprint density at radius 2 is 1.72 bits per heavy atom. The first-order chi connectivity index (χ1) is 11.7. The molecule has 0 aliphatic rings. The number of pyridine rings is 1. The van der Waals surface area contributed by atoms with Crippen LogP contribution in [0.25, 0.3) is 10.9 Å². The van der Waals surface area contributed by atoms with E-state index >= 15 is 0 Å². The quantitative estimate of drug-likeness (QED) is 0.696. The van der Waals surface area contributed by atoms with Gasteiger partial charge in [0, 0.05) is 16.6 Å². The summed E-state index contributed by atoms with van der Waals surface area (Å²) in [5.74, 6) is -0.584. The monoisotopic (exact) mass is 336 g/mol. The molecule has 0 aliphatic carbocycles. The third-order valence-corrected chi connectivity index (χ3v) is 4.16. The minimum Gasteiger partial charge on any atom is -0.321 e. The zero-order valence-electron chi connectivity index (χ0n) is 14.9. The first kappa shape index (κ1) is 17.1. The second-order valence-corrected chi connectivity index (χ2v) is 7.25. The number of nitrogens with zero attached hydrogens (tertiary/aromatic N) is 1. The molecule has 1 heterocycles. The van der Waals surface area contributed by atoms with Gasteiger partial charge in [0.15, 0.2) is 0 Å². The summed E-state index contributed by atoms with van der Waals surface area (Å²) < 4.78 is 13.6. The molecule has 0 radical (unpaired) electrons. The number of aromatic nitrogens is 1. The zero-order valence-corrected chi connectivity index (χ0v) is 14.9. The van der Waals surface area contributed by atoms with Crippen molar-refractivity contribution in [3.63, 3.8) is 0 Å². The number of carbonyl (C=O) groups is 1. The topological polar surface area (TPSA) is 42.0 Å². The van der Waals surface area contributed by atoms with E-state index in [-0.39, 0.29) is 17.1 Å². The van der Waals surface area contributed by atoms with Gasteiger partial charge in [-0.15, -0.1) is 0 Å². The van der Waals surface area contributed by atoms with Crippen molar-refractivity contribution in [3.05, 3.63) is 71.2 Å². The lowest BCUT2D eigenvalue weighted by molar-refractivity contribution is 0.102. The van der Waals surface area contributed by atoms with Crippen molar-refractivity contribution in [2.45, 2.75) is 33.1 Å². The Morgan fingerprint density at radius 3 is 2.36 bits per heavy atom. The Balaban J connectivity index is 1.93. The highest BCUT2D eigenvalue weighted by Gasteiger charge is 2.15. The summed E-state index contributed by atoms with van der Waals surface area (Å²) in [6.07, 6.45) is 0. The number of aryl methyl sites for hydroxylation is 1. The summed E-state index contributed by atoms with van der Waals surface area (Å²) in [5.41, 5.74) is 3.73. The smallest absolute Gasteiger partial charge is 0.255 e. The van der Waals surface area contributed by atoms with Crippen molar-refractivity contribution >= 4 is 22.5 Å². The van der Waals surface area contributed by atoms with Gasteiger partial charge in [0.05, 0.1) is 11.2 Å². The summed E-state index contributed by atoms with van der Waals surface area (Å²) in [6.45, 7) is 8.23. The molecular weight excluding hydrogens is 315 g/mol. The maximum absolute atomic E-state index is 13.6. The Morgan fingerprint density at radius 1 is 1.04 bits per heavy atom. The van der Waals surface area contributed by atoms with Crippen molar-refractivity contribution in [1.82, 2.24) is 4.98 Å². The van der Waals surface area contributed by atoms with Crippen LogP contribution in [0.1, 0.15) is 42.4 Å². The number of anilines is 1. The first-order valence-corrected chi connectivity index (χ1v) is 8.23. The standard InChI is InChI=1S/C21H21FN2O/c1-13-11-19(17-12-16(22)9-10-18(17)23-13)24-20(25)14-5-7-15(8-6-14)21(2,3)4/h5-12H,1-4H3,(H,23,24,25). The van der Waals surface area contributed by atoms with E-state index in [1.54, 1.807) is 12.1 Å². The van der Waals surface area contributed by atoms with Gasteiger partial charge in [-0.2, -0.15) is 0 Å². The van der Waals surface area contributed by atoms with Crippen LogP contribution in [-0.4, -0.2) is 10.9 Å². The highest BCUT2D eigenvalue weighted by atomic mass is 19.1. The van der Waals surface area contributed by atoms with E-state index in [1.807, 2.05) is 31.2 Å². The molecular formula is C21H21FN2O. The van der Waals surface area contributed by atoms with Crippen LogP contribution in [0.3, 0.4) is 0 Å². The number of benzene rings is 2. The lowest BCUT2D eigenvalue weighted by Crippen LogP contribution is -2.14. The van der Waals surface area contributed by atoms with Crippen LogP contribution in [0.15, 0.2) is 48.5 Å². The SMILES string of the molecule is Cc1cc(NC(=O)c2ccc(C(C)(C)C)cc2)c2cc(F)ccc2n1. The van der Waals surface area contributed by atoms with Crippen LogP contribution < -0.4 is 5.32 Å². The van der Waals surface area contributed by atoms with E-state index in [4.69, 9.17) is 0 Å². The highest BCUT2D eigenvalue weighted by molar-refractivity contribution is 6.08. The van der Waals surface area contributed by atoms with Gasteiger partial charge >= 0.3 is 0 Å². The van der Waals surface area contributed by atoms with E-state index < -0.39 is 0 Å². The number of fused-ring (bicyclic) bond motifs is 1. The maximum Gasteiger partial charge on any atom is 0.255 e. The number of amides is 1. The summed E-state index contributed by atoms with van der Waals surface area (Å²) in [5, 5.41) is 3.47. The van der Waals surface area contributed by atoms with Gasteiger partial charge < -0.3 is 5.32 Å². The molecule has 128 valence electrons. The molecule has 3 rings (SSSR count). The Kier molecular flexibility index (Phi) is 4.29. The molecule has 2 aromatic carbocycles. The zero-order chi connectivity index (χ0) is 18.2. The van der Waals surface area contributed by atoms with Gasteiger partial charge in [-0.25, -0.2) is 4.39 Å². The molecule has 1 N–H and O–H groups in total. The van der Waals surface area contributed by atoms with Gasteiger partial charge in [0.25, 0.3) is 5.91 Å². The second-order valence-electron chi connectivity index (χ2n) is 7.25. The molecule has 0 aliphatic heterocycles. The lowest BCUT2D eigenvalue weighted by Gasteiger charge is -2.19. The summed E-state index contributed by atoms with van der Waals surface area (Å²) in [6, 6.07) is 13.7. The first-order valence-electron chi connectivity index (χ1n) is 8.23. The second kappa shape index (κ2) is 6.28. The fourth-order valence-electron chi connectivity index (χ4n) is 2.75. The molecule has 1 amide bonds. The van der Waals surface area contributed by atoms with Crippen molar-refractivity contribution in [2.75, 3.05) is 5.32 Å². The predicted octanol–water partition coefficient (Wildman–Crippen LogP) is 5.23. The van der Waals surface area contributed by atoms with Crippen LogP contribution in [0.2, 0.25) is 0 Å². The van der Waals surface area contributed by atoms with E-state index in [0.29, 0.717) is 22.2 Å². The highest BCUT2D eigenvalue weighted by Crippen LogP contribution is 2.26. The lowest BCUT2D eigenvalue weighted by atomic mass is 9.87. The number of nitrogens with one attached hydrogen (secondary N) is 1. The predicted molar refractivity (Wildman–Crippen MR) is 99.5 cm³/mol. The average molecular weight is 336 g/mol. The van der Waals surface area contributed by atoms with Gasteiger partial charge in [-0.3, -0.25) is 9.78 Å². The molecule has 3 nitrogen and oxygen atoms in total. The fraction of sp³-hybridized carbons (Fsp3) is 0.238. The van der Waals surface area contributed by atoms with Crippen molar-refractivity contribution < 1.29 is 9.18 Å². The van der Waals surface area contributed by atoms with Crippen LogP contribution in [0.5, 0.6) is 0 Å². The largest absolute Gasteiger partial charge is 0.321 e. The van der Waals surface area contributed by atoms with Crippen molar-refractivity contribution in [2.24, 2.45) is 0 Å².